The monoisotopic (exact) mass is 447 g/mol. The number of carboxylic acids is 1. The molecule has 1 aliphatic carbocycles. The van der Waals surface area contributed by atoms with Crippen LogP contribution in [-0.4, -0.2) is 40.8 Å². The molecule has 1 fully saturated rings. The summed E-state index contributed by atoms with van der Waals surface area (Å²) in [6, 6.07) is 11.2. The molecule has 2 aromatic carbocycles. The molecule has 3 aromatic rings. The van der Waals surface area contributed by atoms with E-state index in [9.17, 15) is 9.90 Å². The molecular formula is C26H29N3O4. The maximum absolute atomic E-state index is 11.8. The number of anilines is 1. The third kappa shape index (κ3) is 5.08. The zero-order chi connectivity index (χ0) is 23.4. The second-order valence-corrected chi connectivity index (χ2v) is 8.37. The summed E-state index contributed by atoms with van der Waals surface area (Å²) in [5.41, 5.74) is 4.98. The van der Waals surface area contributed by atoms with Crippen molar-refractivity contribution in [3.05, 3.63) is 65.0 Å². The first kappa shape index (κ1) is 22.6. The van der Waals surface area contributed by atoms with Crippen molar-refractivity contribution < 1.29 is 19.4 Å². The lowest BCUT2D eigenvalue weighted by molar-refractivity contribution is 0.0680. The van der Waals surface area contributed by atoms with E-state index in [4.69, 9.17) is 9.47 Å². The molecule has 0 unspecified atom stereocenters. The lowest BCUT2D eigenvalue weighted by atomic mass is 9.95. The van der Waals surface area contributed by atoms with Crippen LogP contribution in [0.1, 0.15) is 46.3 Å². The molecule has 7 heteroatoms. The van der Waals surface area contributed by atoms with Gasteiger partial charge in [0.2, 0.25) is 0 Å². The van der Waals surface area contributed by atoms with Crippen LogP contribution in [0.15, 0.2) is 42.7 Å². The number of hydrogen-bond donors (Lipinski definition) is 2. The number of methoxy groups -OCH3 is 1. The lowest BCUT2D eigenvalue weighted by Crippen LogP contribution is -2.25. The van der Waals surface area contributed by atoms with Crippen molar-refractivity contribution in [2.75, 3.05) is 19.0 Å². The Hall–Kier alpha value is -3.61. The molecule has 0 radical (unpaired) electrons. The molecular weight excluding hydrogens is 418 g/mol. The largest absolute Gasteiger partial charge is 0.496 e. The van der Waals surface area contributed by atoms with E-state index < -0.39 is 5.97 Å². The maximum atomic E-state index is 11.8. The molecule has 1 aromatic heterocycles. The van der Waals surface area contributed by atoms with Gasteiger partial charge in [-0.15, -0.1) is 0 Å². The normalized spacial score (nSPS) is 13.3. The molecule has 172 valence electrons. The van der Waals surface area contributed by atoms with Crippen molar-refractivity contribution in [3.63, 3.8) is 0 Å². The van der Waals surface area contributed by atoms with E-state index in [1.807, 2.05) is 12.1 Å². The van der Waals surface area contributed by atoms with E-state index in [0.717, 1.165) is 37.0 Å². The number of aromatic carboxylic acids is 1. The van der Waals surface area contributed by atoms with Crippen LogP contribution >= 0.6 is 0 Å². The highest BCUT2D eigenvalue weighted by Crippen LogP contribution is 2.36. The van der Waals surface area contributed by atoms with Crippen molar-refractivity contribution in [2.24, 2.45) is 0 Å². The van der Waals surface area contributed by atoms with Gasteiger partial charge in [-0.3, -0.25) is 0 Å². The highest BCUT2D eigenvalue weighted by molar-refractivity contribution is 5.94. The third-order valence-electron chi connectivity index (χ3n) is 6.12. The van der Waals surface area contributed by atoms with Crippen LogP contribution in [-0.2, 0) is 6.42 Å². The SMILES string of the molecule is COc1cc(C)c(C)cc1CCNc1cc(-c2cccc(C(=O)O)c2OC2CCC2)ncn1. The van der Waals surface area contributed by atoms with Crippen LogP contribution in [0.4, 0.5) is 5.82 Å². The van der Waals surface area contributed by atoms with Gasteiger partial charge in [0, 0.05) is 18.2 Å². The Morgan fingerprint density at radius 1 is 1.15 bits per heavy atom. The summed E-state index contributed by atoms with van der Waals surface area (Å²) in [7, 11) is 1.69. The Morgan fingerprint density at radius 3 is 2.64 bits per heavy atom. The topological polar surface area (TPSA) is 93.6 Å². The quantitative estimate of drug-likeness (QED) is 0.474. The Morgan fingerprint density at radius 2 is 1.94 bits per heavy atom. The van der Waals surface area contributed by atoms with Crippen LogP contribution in [0.2, 0.25) is 0 Å². The van der Waals surface area contributed by atoms with E-state index in [1.165, 1.54) is 17.5 Å². The summed E-state index contributed by atoms with van der Waals surface area (Å²) >= 11 is 0. The number of aryl methyl sites for hydroxylation is 2. The van der Waals surface area contributed by atoms with E-state index in [-0.39, 0.29) is 11.7 Å². The molecule has 7 nitrogen and oxygen atoms in total. The summed E-state index contributed by atoms with van der Waals surface area (Å²) < 4.78 is 11.6. The molecule has 0 atom stereocenters. The highest BCUT2D eigenvalue weighted by Gasteiger charge is 2.25. The van der Waals surface area contributed by atoms with Crippen molar-refractivity contribution >= 4 is 11.8 Å². The predicted octanol–water partition coefficient (Wildman–Crippen LogP) is 5.05. The number of rotatable bonds is 9. The zero-order valence-corrected chi connectivity index (χ0v) is 19.2. The number of nitrogens with zero attached hydrogens (tertiary/aromatic N) is 2. The fraction of sp³-hybridized carbons (Fsp3) is 0.346. The number of carboxylic acid groups (broad SMARTS) is 1. The van der Waals surface area contributed by atoms with Crippen LogP contribution in [0.5, 0.6) is 11.5 Å². The number of aromatic nitrogens is 2. The van der Waals surface area contributed by atoms with Crippen LogP contribution in [0.25, 0.3) is 11.3 Å². The first-order valence-electron chi connectivity index (χ1n) is 11.2. The van der Waals surface area contributed by atoms with Crippen molar-refractivity contribution in [3.8, 4) is 22.8 Å². The first-order chi connectivity index (χ1) is 16.0. The van der Waals surface area contributed by atoms with E-state index in [1.54, 1.807) is 19.2 Å². The van der Waals surface area contributed by atoms with E-state index in [2.05, 4.69) is 41.3 Å². The van der Waals surface area contributed by atoms with Gasteiger partial charge in [-0.2, -0.15) is 0 Å². The Balaban J connectivity index is 1.53. The number of para-hydroxylation sites is 1. The smallest absolute Gasteiger partial charge is 0.339 e. The van der Waals surface area contributed by atoms with Gasteiger partial charge in [0.1, 0.15) is 29.2 Å². The number of nitrogens with one attached hydrogen (secondary N) is 1. The third-order valence-corrected chi connectivity index (χ3v) is 6.12. The molecule has 0 bridgehead atoms. The fourth-order valence-electron chi connectivity index (χ4n) is 3.85. The minimum atomic E-state index is -1.01. The highest BCUT2D eigenvalue weighted by atomic mass is 16.5. The summed E-state index contributed by atoms with van der Waals surface area (Å²) in [5, 5.41) is 13.0. The van der Waals surface area contributed by atoms with Gasteiger partial charge < -0.3 is 19.9 Å². The second-order valence-electron chi connectivity index (χ2n) is 8.37. The van der Waals surface area contributed by atoms with Crippen LogP contribution in [0, 0.1) is 13.8 Å². The van der Waals surface area contributed by atoms with Gasteiger partial charge in [-0.05, 0) is 74.4 Å². The van der Waals surface area contributed by atoms with E-state index >= 15 is 0 Å². The van der Waals surface area contributed by atoms with Crippen molar-refractivity contribution in [1.82, 2.24) is 9.97 Å². The van der Waals surface area contributed by atoms with Gasteiger partial charge >= 0.3 is 5.97 Å². The van der Waals surface area contributed by atoms with Gasteiger partial charge in [0.15, 0.2) is 0 Å². The molecule has 0 aliphatic heterocycles. The van der Waals surface area contributed by atoms with Crippen LogP contribution in [0.3, 0.4) is 0 Å². The fourth-order valence-corrected chi connectivity index (χ4v) is 3.85. The van der Waals surface area contributed by atoms with Gasteiger partial charge in [0.05, 0.1) is 18.9 Å². The molecule has 1 aliphatic rings. The average Bonchev–Trinajstić information content (AvgIpc) is 2.78. The Labute approximate surface area is 193 Å². The minimum absolute atomic E-state index is 0.0524. The summed E-state index contributed by atoms with van der Waals surface area (Å²) in [6.07, 6.45) is 5.28. The van der Waals surface area contributed by atoms with Gasteiger partial charge in [-0.25, -0.2) is 14.8 Å². The molecule has 0 amide bonds. The molecule has 2 N–H and O–H groups in total. The molecule has 1 saturated carbocycles. The molecule has 0 saturated heterocycles. The molecule has 33 heavy (non-hydrogen) atoms. The number of carbonyl (C=O) groups is 1. The summed E-state index contributed by atoms with van der Waals surface area (Å²) in [4.78, 5) is 20.5. The molecule has 4 rings (SSSR count). The van der Waals surface area contributed by atoms with Crippen molar-refractivity contribution in [2.45, 2.75) is 45.6 Å². The standard InChI is InChI=1S/C26H29N3O4/c1-16-12-18(23(32-3)13-17(16)2)10-11-27-24-14-22(28-15-29-24)20-8-5-9-21(26(30)31)25(20)33-19-6-4-7-19/h5,8-9,12-15,19H,4,6-7,10-11H2,1-3H3,(H,30,31)(H,27,28,29). The number of ether oxygens (including phenoxy) is 2. The lowest BCUT2D eigenvalue weighted by Gasteiger charge is -2.28. The van der Waals surface area contributed by atoms with Gasteiger partial charge in [0.25, 0.3) is 0 Å². The summed E-state index contributed by atoms with van der Waals surface area (Å²) in [5.74, 6) is 0.907. The predicted molar refractivity (Wildman–Crippen MR) is 127 cm³/mol. The molecule has 1 heterocycles. The van der Waals surface area contributed by atoms with Gasteiger partial charge in [-0.1, -0.05) is 12.1 Å². The average molecular weight is 448 g/mol. The van der Waals surface area contributed by atoms with Crippen LogP contribution < -0.4 is 14.8 Å². The van der Waals surface area contributed by atoms with E-state index in [0.29, 0.717) is 29.4 Å². The number of hydrogen-bond acceptors (Lipinski definition) is 6. The second kappa shape index (κ2) is 9.90. The minimum Gasteiger partial charge on any atom is -0.496 e. The Kier molecular flexibility index (Phi) is 6.77. The number of benzene rings is 2. The summed E-state index contributed by atoms with van der Waals surface area (Å²) in [6.45, 7) is 4.83. The van der Waals surface area contributed by atoms with Crippen molar-refractivity contribution in [1.29, 1.82) is 0 Å². The first-order valence-corrected chi connectivity index (χ1v) is 11.2. The zero-order valence-electron chi connectivity index (χ0n) is 19.2. The maximum Gasteiger partial charge on any atom is 0.339 e. The Bertz CT molecular complexity index is 1160. The molecule has 0 spiro atoms.